The van der Waals surface area contributed by atoms with Crippen LogP contribution >= 0.6 is 0 Å². The van der Waals surface area contributed by atoms with E-state index in [1.54, 1.807) is 0 Å². The predicted molar refractivity (Wildman–Crippen MR) is 71.2 cm³/mol. The first-order chi connectivity index (χ1) is 8.12. The second kappa shape index (κ2) is 5.68. The minimum Gasteiger partial charge on any atom is -0.377 e. The van der Waals surface area contributed by atoms with Crippen molar-refractivity contribution in [3.63, 3.8) is 0 Å². The number of rotatable bonds is 3. The van der Waals surface area contributed by atoms with E-state index >= 15 is 0 Å². The third-order valence-corrected chi connectivity index (χ3v) is 4.58. The smallest absolute Gasteiger partial charge is 0.0673 e. The van der Waals surface area contributed by atoms with Crippen LogP contribution in [0.3, 0.4) is 0 Å². The molecule has 2 atom stereocenters. The Morgan fingerprint density at radius 3 is 2.94 bits per heavy atom. The van der Waals surface area contributed by atoms with Gasteiger partial charge in [0.2, 0.25) is 0 Å². The summed E-state index contributed by atoms with van der Waals surface area (Å²) in [6.45, 7) is 13.8. The summed E-state index contributed by atoms with van der Waals surface area (Å²) in [5, 5.41) is 3.55. The molecule has 0 amide bonds. The van der Waals surface area contributed by atoms with Crippen LogP contribution in [0.5, 0.6) is 0 Å². The Kier molecular flexibility index (Phi) is 4.45. The first-order valence-electron chi connectivity index (χ1n) is 7.17. The van der Waals surface area contributed by atoms with Crippen molar-refractivity contribution in [2.45, 2.75) is 39.7 Å². The van der Waals surface area contributed by atoms with Gasteiger partial charge in [0.15, 0.2) is 0 Å². The van der Waals surface area contributed by atoms with E-state index < -0.39 is 0 Å². The van der Waals surface area contributed by atoms with Gasteiger partial charge in [-0.3, -0.25) is 0 Å². The first kappa shape index (κ1) is 13.3. The maximum absolute atomic E-state index is 5.73. The average Bonchev–Trinajstić information content (AvgIpc) is 2.65. The second-order valence-electron chi connectivity index (χ2n) is 6.21. The van der Waals surface area contributed by atoms with Gasteiger partial charge in [-0.25, -0.2) is 0 Å². The van der Waals surface area contributed by atoms with Crippen LogP contribution in [0.15, 0.2) is 0 Å². The molecule has 2 aliphatic heterocycles. The summed E-state index contributed by atoms with van der Waals surface area (Å²) in [5.74, 6) is 0.761. The number of nitrogens with zero attached hydrogens (tertiary/aromatic N) is 1. The van der Waals surface area contributed by atoms with Crippen molar-refractivity contribution in [2.75, 3.05) is 39.3 Å². The third kappa shape index (κ3) is 3.21. The van der Waals surface area contributed by atoms with E-state index in [-0.39, 0.29) is 0 Å². The lowest BCUT2D eigenvalue weighted by molar-refractivity contribution is 0.0543. The maximum Gasteiger partial charge on any atom is 0.0673 e. The van der Waals surface area contributed by atoms with Gasteiger partial charge in [-0.05, 0) is 37.6 Å². The Hall–Kier alpha value is -0.120. The molecule has 0 radical (unpaired) electrons. The monoisotopic (exact) mass is 240 g/mol. The van der Waals surface area contributed by atoms with Crippen LogP contribution in [0.1, 0.15) is 33.6 Å². The molecule has 1 N–H and O–H groups in total. The molecule has 2 heterocycles. The highest BCUT2D eigenvalue weighted by molar-refractivity contribution is 4.93. The Bertz CT molecular complexity index is 236. The fourth-order valence-electron chi connectivity index (χ4n) is 3.24. The molecular formula is C14H28N2O. The van der Waals surface area contributed by atoms with Gasteiger partial charge < -0.3 is 15.0 Å². The van der Waals surface area contributed by atoms with Gasteiger partial charge >= 0.3 is 0 Å². The SMILES string of the molecule is CC1CN(CC2(C(C)C)CCNC2)CCCO1. The van der Waals surface area contributed by atoms with Gasteiger partial charge in [-0.15, -0.1) is 0 Å². The standard InChI is InChI=1S/C14H28N2O/c1-12(2)14(5-6-15-10-14)11-16-7-4-8-17-13(3)9-16/h12-13,15H,4-11H2,1-3H3. The largest absolute Gasteiger partial charge is 0.377 e. The van der Waals surface area contributed by atoms with Crippen LogP contribution in [-0.4, -0.2) is 50.3 Å². The summed E-state index contributed by atoms with van der Waals surface area (Å²) < 4.78 is 5.73. The summed E-state index contributed by atoms with van der Waals surface area (Å²) in [6, 6.07) is 0. The van der Waals surface area contributed by atoms with Crippen molar-refractivity contribution in [3.8, 4) is 0 Å². The molecule has 2 saturated heterocycles. The van der Waals surface area contributed by atoms with Crippen molar-refractivity contribution in [1.82, 2.24) is 10.2 Å². The molecule has 0 bridgehead atoms. The Morgan fingerprint density at radius 2 is 2.29 bits per heavy atom. The summed E-state index contributed by atoms with van der Waals surface area (Å²) in [4.78, 5) is 2.63. The lowest BCUT2D eigenvalue weighted by atomic mass is 9.76. The van der Waals surface area contributed by atoms with Gasteiger partial charge in [-0.1, -0.05) is 13.8 Å². The summed E-state index contributed by atoms with van der Waals surface area (Å²) >= 11 is 0. The molecule has 0 aliphatic carbocycles. The van der Waals surface area contributed by atoms with Crippen molar-refractivity contribution in [1.29, 1.82) is 0 Å². The number of hydrogen-bond acceptors (Lipinski definition) is 3. The van der Waals surface area contributed by atoms with E-state index in [4.69, 9.17) is 4.74 Å². The van der Waals surface area contributed by atoms with Gasteiger partial charge in [0.05, 0.1) is 6.10 Å². The molecular weight excluding hydrogens is 212 g/mol. The number of ether oxygens (including phenoxy) is 1. The van der Waals surface area contributed by atoms with Gasteiger partial charge in [0.25, 0.3) is 0 Å². The van der Waals surface area contributed by atoms with Crippen molar-refractivity contribution < 1.29 is 4.74 Å². The average molecular weight is 240 g/mol. The van der Waals surface area contributed by atoms with E-state index in [9.17, 15) is 0 Å². The van der Waals surface area contributed by atoms with Gasteiger partial charge in [-0.2, -0.15) is 0 Å². The van der Waals surface area contributed by atoms with Crippen LogP contribution < -0.4 is 5.32 Å². The Morgan fingerprint density at radius 1 is 1.47 bits per heavy atom. The quantitative estimate of drug-likeness (QED) is 0.813. The van der Waals surface area contributed by atoms with E-state index in [0.29, 0.717) is 11.5 Å². The lowest BCUT2D eigenvalue weighted by Crippen LogP contribution is -2.44. The first-order valence-corrected chi connectivity index (χ1v) is 7.17. The zero-order valence-electron chi connectivity index (χ0n) is 11.7. The van der Waals surface area contributed by atoms with Crippen molar-refractivity contribution >= 4 is 0 Å². The van der Waals surface area contributed by atoms with Crippen LogP contribution in [0.2, 0.25) is 0 Å². The fraction of sp³-hybridized carbons (Fsp3) is 1.00. The molecule has 2 rings (SSSR count). The molecule has 3 heteroatoms. The van der Waals surface area contributed by atoms with E-state index in [2.05, 4.69) is 31.0 Å². The predicted octanol–water partition coefficient (Wildman–Crippen LogP) is 1.73. The molecule has 0 aromatic rings. The molecule has 0 saturated carbocycles. The molecule has 3 nitrogen and oxygen atoms in total. The normalized spacial score (nSPS) is 36.4. The molecule has 0 spiro atoms. The zero-order valence-corrected chi connectivity index (χ0v) is 11.7. The number of hydrogen-bond donors (Lipinski definition) is 1. The molecule has 2 fully saturated rings. The Balaban J connectivity index is 1.97. The zero-order chi connectivity index (χ0) is 12.3. The van der Waals surface area contributed by atoms with Crippen LogP contribution in [0.4, 0.5) is 0 Å². The van der Waals surface area contributed by atoms with E-state index in [0.717, 1.165) is 19.1 Å². The highest BCUT2D eigenvalue weighted by Gasteiger charge is 2.38. The van der Waals surface area contributed by atoms with Crippen LogP contribution in [-0.2, 0) is 4.74 Å². The van der Waals surface area contributed by atoms with Crippen molar-refractivity contribution in [2.24, 2.45) is 11.3 Å². The summed E-state index contributed by atoms with van der Waals surface area (Å²) in [7, 11) is 0. The van der Waals surface area contributed by atoms with Crippen molar-refractivity contribution in [3.05, 3.63) is 0 Å². The number of nitrogens with one attached hydrogen (secondary N) is 1. The van der Waals surface area contributed by atoms with E-state index in [1.165, 1.54) is 39.0 Å². The third-order valence-electron chi connectivity index (χ3n) is 4.58. The molecule has 17 heavy (non-hydrogen) atoms. The Labute approximate surface area is 106 Å². The maximum atomic E-state index is 5.73. The van der Waals surface area contributed by atoms with Gasteiger partial charge in [0.1, 0.15) is 0 Å². The molecule has 100 valence electrons. The van der Waals surface area contributed by atoms with E-state index in [1.807, 2.05) is 0 Å². The fourth-order valence-corrected chi connectivity index (χ4v) is 3.24. The molecule has 2 aliphatic rings. The molecule has 0 aromatic heterocycles. The minimum atomic E-state index is 0.399. The van der Waals surface area contributed by atoms with Crippen LogP contribution in [0.25, 0.3) is 0 Å². The van der Waals surface area contributed by atoms with Crippen LogP contribution in [0, 0.1) is 11.3 Å². The molecule has 0 aromatic carbocycles. The highest BCUT2D eigenvalue weighted by atomic mass is 16.5. The lowest BCUT2D eigenvalue weighted by Gasteiger charge is -2.38. The highest BCUT2D eigenvalue weighted by Crippen LogP contribution is 2.35. The summed E-state index contributed by atoms with van der Waals surface area (Å²) in [5.41, 5.74) is 0.490. The second-order valence-corrected chi connectivity index (χ2v) is 6.21. The molecule has 2 unspecified atom stereocenters. The topological polar surface area (TPSA) is 24.5 Å². The summed E-state index contributed by atoms with van der Waals surface area (Å²) in [6.07, 6.45) is 2.92. The van der Waals surface area contributed by atoms with Gasteiger partial charge in [0, 0.05) is 32.8 Å². The minimum absolute atomic E-state index is 0.399.